The van der Waals surface area contributed by atoms with Gasteiger partial charge in [0.25, 0.3) is 5.91 Å². The molecular weight excluding hydrogens is 230 g/mol. The fourth-order valence-corrected chi connectivity index (χ4v) is 1.70. The van der Waals surface area contributed by atoms with Crippen molar-refractivity contribution in [3.05, 3.63) is 23.0 Å². The summed E-state index contributed by atoms with van der Waals surface area (Å²) in [4.78, 5) is 13.6. The number of ether oxygens (including phenoxy) is 1. The third kappa shape index (κ3) is 2.31. The molecule has 0 spiro atoms. The molecule has 0 N–H and O–H groups in total. The fourth-order valence-electron chi connectivity index (χ4n) is 1.60. The highest BCUT2D eigenvalue weighted by molar-refractivity contribution is 6.29. The summed E-state index contributed by atoms with van der Waals surface area (Å²) in [7, 11) is 1.75. The molecule has 0 bridgehead atoms. The summed E-state index contributed by atoms with van der Waals surface area (Å²) in [5.74, 6) is -0.153. The van der Waals surface area contributed by atoms with Gasteiger partial charge in [0.2, 0.25) is 0 Å². The van der Waals surface area contributed by atoms with E-state index in [1.54, 1.807) is 24.1 Å². The minimum Gasteiger partial charge on any atom is -0.379 e. The molecule has 1 aromatic heterocycles. The Kier molecular flexibility index (Phi) is 3.36. The molecule has 1 fully saturated rings. The van der Waals surface area contributed by atoms with Crippen molar-refractivity contribution in [3.63, 3.8) is 0 Å². The first-order chi connectivity index (χ1) is 7.68. The zero-order valence-corrected chi connectivity index (χ0v) is 9.65. The second-order valence-electron chi connectivity index (χ2n) is 3.67. The molecule has 2 rings (SSSR count). The summed E-state index contributed by atoms with van der Waals surface area (Å²) in [5.41, 5.74) is 0.304. The van der Waals surface area contributed by atoms with Gasteiger partial charge in [0.1, 0.15) is 0 Å². The molecule has 1 aromatic rings. The third-order valence-corrected chi connectivity index (χ3v) is 2.83. The topological polar surface area (TPSA) is 55.3 Å². The number of aromatic nitrogens is 2. The van der Waals surface area contributed by atoms with Crippen molar-refractivity contribution in [1.82, 2.24) is 15.1 Å². The lowest BCUT2D eigenvalue weighted by Crippen LogP contribution is -2.37. The van der Waals surface area contributed by atoms with Crippen molar-refractivity contribution in [2.45, 2.75) is 12.5 Å². The van der Waals surface area contributed by atoms with Gasteiger partial charge in [-0.1, -0.05) is 11.6 Å². The molecule has 1 aliphatic rings. The van der Waals surface area contributed by atoms with Gasteiger partial charge in [-0.15, -0.1) is 10.2 Å². The van der Waals surface area contributed by atoms with E-state index in [4.69, 9.17) is 16.3 Å². The Hall–Kier alpha value is -1.20. The van der Waals surface area contributed by atoms with Crippen LogP contribution in [0.15, 0.2) is 12.1 Å². The molecule has 5 nitrogen and oxygen atoms in total. The molecule has 1 unspecified atom stereocenters. The second kappa shape index (κ2) is 4.76. The van der Waals surface area contributed by atoms with E-state index in [0.717, 1.165) is 6.42 Å². The van der Waals surface area contributed by atoms with E-state index in [1.165, 1.54) is 0 Å². The average Bonchev–Trinajstić information content (AvgIpc) is 2.81. The number of hydrogen-bond donors (Lipinski definition) is 0. The summed E-state index contributed by atoms with van der Waals surface area (Å²) >= 11 is 5.60. The normalized spacial score (nSPS) is 19.8. The van der Waals surface area contributed by atoms with Crippen molar-refractivity contribution < 1.29 is 9.53 Å². The number of hydrogen-bond acceptors (Lipinski definition) is 4. The highest BCUT2D eigenvalue weighted by Gasteiger charge is 2.25. The predicted molar refractivity (Wildman–Crippen MR) is 58.4 cm³/mol. The van der Waals surface area contributed by atoms with E-state index in [2.05, 4.69) is 10.2 Å². The fraction of sp³-hybridized carbons (Fsp3) is 0.500. The quantitative estimate of drug-likeness (QED) is 0.775. The maximum atomic E-state index is 12.0. The number of amides is 1. The van der Waals surface area contributed by atoms with Gasteiger partial charge in [0.05, 0.1) is 12.6 Å². The lowest BCUT2D eigenvalue weighted by atomic mass is 10.2. The zero-order chi connectivity index (χ0) is 11.5. The molecule has 6 heteroatoms. The maximum absolute atomic E-state index is 12.0. The second-order valence-corrected chi connectivity index (χ2v) is 4.06. The van der Waals surface area contributed by atoms with Crippen LogP contribution in [0.25, 0.3) is 0 Å². The molecule has 1 saturated heterocycles. The molecule has 1 amide bonds. The van der Waals surface area contributed by atoms with E-state index in [9.17, 15) is 4.79 Å². The smallest absolute Gasteiger partial charge is 0.274 e. The molecular formula is C10H12ClN3O2. The minimum atomic E-state index is -0.153. The van der Waals surface area contributed by atoms with Crippen LogP contribution in [0.3, 0.4) is 0 Å². The first-order valence-electron chi connectivity index (χ1n) is 5.02. The van der Waals surface area contributed by atoms with Crippen molar-refractivity contribution in [2.75, 3.05) is 20.3 Å². The zero-order valence-electron chi connectivity index (χ0n) is 8.89. The monoisotopic (exact) mass is 241 g/mol. The SMILES string of the molecule is CN(C(=O)c1ccc(Cl)nn1)C1CCOC1. The Labute approximate surface area is 98.4 Å². The summed E-state index contributed by atoms with van der Waals surface area (Å²) in [5, 5.41) is 7.68. The van der Waals surface area contributed by atoms with Crippen LogP contribution < -0.4 is 0 Å². The Morgan fingerprint density at radius 2 is 2.38 bits per heavy atom. The summed E-state index contributed by atoms with van der Waals surface area (Å²) in [6, 6.07) is 3.26. The van der Waals surface area contributed by atoms with Gasteiger partial charge < -0.3 is 9.64 Å². The number of halogens is 1. The number of rotatable bonds is 2. The molecule has 1 aliphatic heterocycles. The summed E-state index contributed by atoms with van der Waals surface area (Å²) in [6.45, 7) is 1.29. The molecule has 2 heterocycles. The van der Waals surface area contributed by atoms with E-state index in [-0.39, 0.29) is 17.1 Å². The number of carbonyl (C=O) groups is 1. The van der Waals surface area contributed by atoms with Gasteiger partial charge in [0, 0.05) is 13.7 Å². The number of nitrogens with zero attached hydrogens (tertiary/aromatic N) is 3. The number of carbonyl (C=O) groups excluding carboxylic acids is 1. The van der Waals surface area contributed by atoms with Crippen molar-refractivity contribution in [1.29, 1.82) is 0 Å². The Balaban J connectivity index is 2.08. The first kappa shape index (κ1) is 11.3. The maximum Gasteiger partial charge on any atom is 0.274 e. The van der Waals surface area contributed by atoms with Crippen LogP contribution in [0, 0.1) is 0 Å². The standard InChI is InChI=1S/C10H12ClN3O2/c1-14(7-4-5-16-6-7)10(15)8-2-3-9(11)13-12-8/h2-3,7H,4-6H2,1H3. The third-order valence-electron chi connectivity index (χ3n) is 2.62. The van der Waals surface area contributed by atoms with Gasteiger partial charge in [-0.05, 0) is 18.6 Å². The summed E-state index contributed by atoms with van der Waals surface area (Å²) in [6.07, 6.45) is 0.864. The van der Waals surface area contributed by atoms with Crippen LogP contribution in [0.4, 0.5) is 0 Å². The minimum absolute atomic E-state index is 0.130. The van der Waals surface area contributed by atoms with Crippen molar-refractivity contribution in [2.24, 2.45) is 0 Å². The summed E-state index contributed by atoms with van der Waals surface area (Å²) < 4.78 is 5.23. The molecule has 1 atom stereocenters. The number of likely N-dealkylation sites (N-methyl/N-ethyl adjacent to an activating group) is 1. The predicted octanol–water partition coefficient (Wildman–Crippen LogP) is 0.991. The largest absolute Gasteiger partial charge is 0.379 e. The first-order valence-corrected chi connectivity index (χ1v) is 5.40. The lowest BCUT2D eigenvalue weighted by Gasteiger charge is -2.22. The van der Waals surface area contributed by atoms with E-state index in [1.807, 2.05) is 0 Å². The van der Waals surface area contributed by atoms with Crippen LogP contribution in [0.5, 0.6) is 0 Å². The van der Waals surface area contributed by atoms with Crippen LogP contribution in [0.2, 0.25) is 5.15 Å². The molecule has 0 aromatic carbocycles. The van der Waals surface area contributed by atoms with E-state index < -0.39 is 0 Å². The highest BCUT2D eigenvalue weighted by Crippen LogP contribution is 2.13. The van der Waals surface area contributed by atoms with Crippen molar-refractivity contribution >= 4 is 17.5 Å². The molecule has 86 valence electrons. The Bertz CT molecular complexity index is 376. The van der Waals surface area contributed by atoms with Gasteiger partial charge in [-0.25, -0.2) is 0 Å². The van der Waals surface area contributed by atoms with E-state index in [0.29, 0.717) is 18.9 Å². The Morgan fingerprint density at radius 3 is 2.94 bits per heavy atom. The Morgan fingerprint density at radius 1 is 1.56 bits per heavy atom. The average molecular weight is 242 g/mol. The van der Waals surface area contributed by atoms with Crippen LogP contribution in [0.1, 0.15) is 16.9 Å². The lowest BCUT2D eigenvalue weighted by molar-refractivity contribution is 0.0704. The van der Waals surface area contributed by atoms with Crippen LogP contribution >= 0.6 is 11.6 Å². The van der Waals surface area contributed by atoms with Gasteiger partial charge in [0.15, 0.2) is 10.8 Å². The molecule has 0 radical (unpaired) electrons. The van der Waals surface area contributed by atoms with Gasteiger partial charge in [-0.3, -0.25) is 4.79 Å². The highest BCUT2D eigenvalue weighted by atomic mass is 35.5. The van der Waals surface area contributed by atoms with Crippen LogP contribution in [-0.4, -0.2) is 47.3 Å². The van der Waals surface area contributed by atoms with E-state index >= 15 is 0 Å². The van der Waals surface area contributed by atoms with Gasteiger partial charge >= 0.3 is 0 Å². The van der Waals surface area contributed by atoms with Crippen molar-refractivity contribution in [3.8, 4) is 0 Å². The molecule has 0 aliphatic carbocycles. The van der Waals surface area contributed by atoms with Crippen LogP contribution in [-0.2, 0) is 4.74 Å². The van der Waals surface area contributed by atoms with Gasteiger partial charge in [-0.2, -0.15) is 0 Å². The molecule has 0 saturated carbocycles. The molecule has 16 heavy (non-hydrogen) atoms.